The van der Waals surface area contributed by atoms with Crippen LogP contribution in [0.2, 0.25) is 0 Å². The Morgan fingerprint density at radius 3 is 2.73 bits per heavy atom. The Kier molecular flexibility index (Phi) is 6.16. The summed E-state index contributed by atoms with van der Waals surface area (Å²) >= 11 is 1.79. The molecule has 142 valence electrons. The Labute approximate surface area is 158 Å². The van der Waals surface area contributed by atoms with E-state index >= 15 is 0 Å². The summed E-state index contributed by atoms with van der Waals surface area (Å²) in [4.78, 5) is 16.0. The molecule has 0 atom stereocenters. The molecular weight excluding hydrogens is 372 g/mol. The standard InChI is InChI=1S/C18H24N2O4S2/c1-26(22,23)13-15-4-5-17(24-15)18(21)19-11-14-6-8-20(9-7-14)12-16-3-2-10-25-16/h2-5,10,14H,6-9,11-13H2,1H3,(H,19,21). The highest BCUT2D eigenvalue weighted by Gasteiger charge is 2.21. The number of hydrogen-bond donors (Lipinski definition) is 1. The smallest absolute Gasteiger partial charge is 0.287 e. The van der Waals surface area contributed by atoms with E-state index in [-0.39, 0.29) is 17.4 Å². The van der Waals surface area contributed by atoms with Crippen molar-refractivity contribution in [2.24, 2.45) is 5.92 Å². The Bertz CT molecular complexity index is 819. The van der Waals surface area contributed by atoms with Crippen LogP contribution < -0.4 is 5.32 Å². The van der Waals surface area contributed by atoms with Gasteiger partial charge >= 0.3 is 0 Å². The molecular formula is C18H24N2O4S2. The van der Waals surface area contributed by atoms with Crippen LogP contribution in [0.3, 0.4) is 0 Å². The molecule has 3 heterocycles. The molecule has 0 aliphatic carbocycles. The van der Waals surface area contributed by atoms with Crippen molar-refractivity contribution in [3.63, 3.8) is 0 Å². The molecule has 1 aliphatic heterocycles. The van der Waals surface area contributed by atoms with Gasteiger partial charge < -0.3 is 9.73 Å². The fourth-order valence-electron chi connectivity index (χ4n) is 3.13. The SMILES string of the molecule is CS(=O)(=O)Cc1ccc(C(=O)NCC2CCN(Cc3cccs3)CC2)o1. The van der Waals surface area contributed by atoms with E-state index in [0.29, 0.717) is 18.2 Å². The van der Waals surface area contributed by atoms with Crippen molar-refractivity contribution in [2.45, 2.75) is 25.1 Å². The van der Waals surface area contributed by atoms with Crippen LogP contribution in [0, 0.1) is 5.92 Å². The number of thiophene rings is 1. The van der Waals surface area contributed by atoms with Crippen molar-refractivity contribution in [3.8, 4) is 0 Å². The van der Waals surface area contributed by atoms with E-state index in [1.807, 2.05) is 0 Å². The quantitative estimate of drug-likeness (QED) is 0.778. The Morgan fingerprint density at radius 1 is 1.31 bits per heavy atom. The maximum atomic E-state index is 12.2. The molecule has 2 aromatic rings. The van der Waals surface area contributed by atoms with Gasteiger partial charge in [-0.3, -0.25) is 9.69 Å². The molecule has 1 aliphatic rings. The van der Waals surface area contributed by atoms with Crippen LogP contribution in [0.5, 0.6) is 0 Å². The van der Waals surface area contributed by atoms with Crippen molar-refractivity contribution in [1.29, 1.82) is 0 Å². The van der Waals surface area contributed by atoms with Gasteiger partial charge in [-0.15, -0.1) is 11.3 Å². The third-order valence-electron chi connectivity index (χ3n) is 4.51. The molecule has 2 aromatic heterocycles. The fraction of sp³-hybridized carbons (Fsp3) is 0.500. The third kappa shape index (κ3) is 5.69. The van der Waals surface area contributed by atoms with Gasteiger partial charge in [0, 0.05) is 24.2 Å². The summed E-state index contributed by atoms with van der Waals surface area (Å²) < 4.78 is 27.9. The number of likely N-dealkylation sites (tertiary alicyclic amines) is 1. The molecule has 1 fully saturated rings. The molecule has 1 N–H and O–H groups in total. The third-order valence-corrected chi connectivity index (χ3v) is 6.18. The average Bonchev–Trinajstić information content (AvgIpc) is 3.24. The summed E-state index contributed by atoms with van der Waals surface area (Å²) in [7, 11) is -3.17. The van der Waals surface area contributed by atoms with Crippen LogP contribution in [0.1, 0.15) is 34.0 Å². The predicted octanol–water partition coefficient (Wildman–Crippen LogP) is 2.53. The van der Waals surface area contributed by atoms with E-state index in [1.54, 1.807) is 17.4 Å². The van der Waals surface area contributed by atoms with Gasteiger partial charge in [0.05, 0.1) is 0 Å². The molecule has 6 nitrogen and oxygen atoms in total. The van der Waals surface area contributed by atoms with Gasteiger partial charge in [0.15, 0.2) is 15.6 Å². The number of amides is 1. The van der Waals surface area contributed by atoms with Gasteiger partial charge in [-0.25, -0.2) is 8.42 Å². The Morgan fingerprint density at radius 2 is 2.08 bits per heavy atom. The largest absolute Gasteiger partial charge is 0.455 e. The summed E-state index contributed by atoms with van der Waals surface area (Å²) in [5.74, 6) is 0.441. The van der Waals surface area contributed by atoms with Crippen LogP contribution in [0.25, 0.3) is 0 Å². The zero-order valence-electron chi connectivity index (χ0n) is 14.8. The first-order valence-electron chi connectivity index (χ1n) is 8.68. The first-order valence-corrected chi connectivity index (χ1v) is 11.6. The number of rotatable bonds is 7. The van der Waals surface area contributed by atoms with Crippen molar-refractivity contribution < 1.29 is 17.6 Å². The van der Waals surface area contributed by atoms with Gasteiger partial charge in [0.25, 0.3) is 5.91 Å². The lowest BCUT2D eigenvalue weighted by Gasteiger charge is -2.31. The first-order chi connectivity index (χ1) is 12.4. The molecule has 0 radical (unpaired) electrons. The summed E-state index contributed by atoms with van der Waals surface area (Å²) in [5, 5.41) is 5.01. The highest BCUT2D eigenvalue weighted by atomic mass is 32.2. The van der Waals surface area contributed by atoms with E-state index in [1.165, 1.54) is 10.9 Å². The van der Waals surface area contributed by atoms with E-state index in [9.17, 15) is 13.2 Å². The lowest BCUT2D eigenvalue weighted by atomic mass is 9.96. The van der Waals surface area contributed by atoms with Crippen molar-refractivity contribution in [2.75, 3.05) is 25.9 Å². The topological polar surface area (TPSA) is 79.6 Å². The lowest BCUT2D eigenvalue weighted by Crippen LogP contribution is -2.38. The number of furan rings is 1. The summed E-state index contributed by atoms with van der Waals surface area (Å²) in [6, 6.07) is 7.31. The van der Waals surface area contributed by atoms with Crippen LogP contribution in [-0.2, 0) is 22.1 Å². The number of piperidine rings is 1. The second-order valence-corrected chi connectivity index (χ2v) is 10.0. The second kappa shape index (κ2) is 8.37. The molecule has 0 unspecified atom stereocenters. The normalized spacial score (nSPS) is 16.7. The number of sulfone groups is 1. The molecule has 0 spiro atoms. The van der Waals surface area contributed by atoms with Crippen LogP contribution in [0.4, 0.5) is 0 Å². The number of carbonyl (C=O) groups excluding carboxylic acids is 1. The summed E-state index contributed by atoms with van der Waals surface area (Å²) in [5.41, 5.74) is 0. The zero-order valence-corrected chi connectivity index (χ0v) is 16.4. The summed E-state index contributed by atoms with van der Waals surface area (Å²) in [6.45, 7) is 3.70. The maximum Gasteiger partial charge on any atom is 0.287 e. The molecule has 3 rings (SSSR count). The van der Waals surface area contributed by atoms with Crippen LogP contribution in [0.15, 0.2) is 34.1 Å². The maximum absolute atomic E-state index is 12.2. The monoisotopic (exact) mass is 396 g/mol. The van der Waals surface area contributed by atoms with Gasteiger partial charge in [-0.2, -0.15) is 0 Å². The van der Waals surface area contributed by atoms with Crippen molar-refractivity contribution in [1.82, 2.24) is 10.2 Å². The number of carbonyl (C=O) groups is 1. The van der Waals surface area contributed by atoms with E-state index in [0.717, 1.165) is 38.7 Å². The first kappa shape index (κ1) is 19.1. The molecule has 26 heavy (non-hydrogen) atoms. The lowest BCUT2D eigenvalue weighted by molar-refractivity contribution is 0.0906. The minimum Gasteiger partial charge on any atom is -0.455 e. The van der Waals surface area contributed by atoms with Gasteiger partial charge in [0.1, 0.15) is 11.5 Å². The molecule has 1 amide bonds. The van der Waals surface area contributed by atoms with Gasteiger partial charge in [0.2, 0.25) is 0 Å². The van der Waals surface area contributed by atoms with Gasteiger partial charge in [-0.05, 0) is 55.4 Å². The zero-order chi connectivity index (χ0) is 18.6. The van der Waals surface area contributed by atoms with E-state index in [2.05, 4.69) is 27.7 Å². The predicted molar refractivity (Wildman–Crippen MR) is 102 cm³/mol. The van der Waals surface area contributed by atoms with Gasteiger partial charge in [-0.1, -0.05) is 6.07 Å². The second-order valence-electron chi connectivity index (χ2n) is 6.84. The summed E-state index contributed by atoms with van der Waals surface area (Å²) in [6.07, 6.45) is 3.26. The van der Waals surface area contributed by atoms with Crippen molar-refractivity contribution >= 4 is 27.1 Å². The molecule has 0 saturated carbocycles. The number of hydrogen-bond acceptors (Lipinski definition) is 6. The fourth-order valence-corrected chi connectivity index (χ4v) is 4.55. The molecule has 0 bridgehead atoms. The minimum atomic E-state index is -3.17. The van der Waals surface area contributed by atoms with Crippen LogP contribution in [-0.4, -0.2) is 45.1 Å². The molecule has 1 saturated heterocycles. The molecule has 8 heteroatoms. The highest BCUT2D eigenvalue weighted by molar-refractivity contribution is 7.89. The minimum absolute atomic E-state index is 0.166. The molecule has 0 aromatic carbocycles. The van der Waals surface area contributed by atoms with E-state index in [4.69, 9.17) is 4.42 Å². The number of nitrogens with one attached hydrogen (secondary N) is 1. The van der Waals surface area contributed by atoms with E-state index < -0.39 is 9.84 Å². The van der Waals surface area contributed by atoms with Crippen molar-refractivity contribution in [3.05, 3.63) is 46.0 Å². The Balaban J connectivity index is 1.41. The average molecular weight is 397 g/mol. The van der Waals surface area contributed by atoms with Crippen LogP contribution >= 0.6 is 11.3 Å². The number of nitrogens with zero attached hydrogens (tertiary/aromatic N) is 1. The Hall–Kier alpha value is -1.64. The highest BCUT2D eigenvalue weighted by Crippen LogP contribution is 2.20.